The highest BCUT2D eigenvalue weighted by Gasteiger charge is 2.08. The molecule has 1 heterocycles. The molecule has 0 saturated heterocycles. The van der Waals surface area contributed by atoms with Crippen LogP contribution in [0.4, 0.5) is 0 Å². The van der Waals surface area contributed by atoms with Gasteiger partial charge in [-0.3, -0.25) is 4.79 Å². The van der Waals surface area contributed by atoms with Gasteiger partial charge in [0.1, 0.15) is 0 Å². The second-order valence-electron chi connectivity index (χ2n) is 4.76. The average Bonchev–Trinajstić information content (AvgIpc) is 2.97. The Kier molecular flexibility index (Phi) is 3.59. The molecule has 1 aromatic heterocycles. The van der Waals surface area contributed by atoms with Gasteiger partial charge in [0.15, 0.2) is 5.78 Å². The molecule has 0 saturated carbocycles. The van der Waals surface area contributed by atoms with E-state index in [1.54, 1.807) is 16.8 Å². The lowest BCUT2D eigenvalue weighted by atomic mass is 10.1. The number of rotatable bonds is 3. The second kappa shape index (κ2) is 5.54. The SMILES string of the molecule is CC(=O)c1ccc(-n2cc(-c3ccccc3)cn2)cc1Cl. The molecule has 0 fully saturated rings. The summed E-state index contributed by atoms with van der Waals surface area (Å²) in [5.41, 5.74) is 3.49. The molecule has 4 heteroatoms. The lowest BCUT2D eigenvalue weighted by molar-refractivity contribution is 0.101. The largest absolute Gasteiger partial charge is 0.294 e. The van der Waals surface area contributed by atoms with Gasteiger partial charge in [-0.2, -0.15) is 5.10 Å². The van der Waals surface area contributed by atoms with Crippen molar-refractivity contribution in [2.45, 2.75) is 6.92 Å². The van der Waals surface area contributed by atoms with Crippen LogP contribution in [0.5, 0.6) is 0 Å². The summed E-state index contributed by atoms with van der Waals surface area (Å²) in [5, 5.41) is 4.79. The first-order valence-electron chi connectivity index (χ1n) is 6.56. The Bertz CT molecular complexity index is 794. The van der Waals surface area contributed by atoms with E-state index >= 15 is 0 Å². The molecule has 0 amide bonds. The van der Waals surface area contributed by atoms with Crippen molar-refractivity contribution in [2.24, 2.45) is 0 Å². The molecule has 0 aliphatic heterocycles. The van der Waals surface area contributed by atoms with Gasteiger partial charge in [0, 0.05) is 17.3 Å². The first-order chi connectivity index (χ1) is 10.1. The molecule has 0 aliphatic carbocycles. The molecule has 104 valence electrons. The molecule has 3 aromatic rings. The summed E-state index contributed by atoms with van der Waals surface area (Å²) in [5.74, 6) is -0.0445. The van der Waals surface area contributed by atoms with Crippen LogP contribution in [0.2, 0.25) is 5.02 Å². The molecular weight excluding hydrogens is 284 g/mol. The number of halogens is 1. The van der Waals surface area contributed by atoms with Gasteiger partial charge < -0.3 is 0 Å². The molecule has 3 rings (SSSR count). The molecule has 3 nitrogen and oxygen atoms in total. The highest BCUT2D eigenvalue weighted by Crippen LogP contribution is 2.23. The first-order valence-corrected chi connectivity index (χ1v) is 6.94. The molecule has 0 radical (unpaired) electrons. The van der Waals surface area contributed by atoms with E-state index in [4.69, 9.17) is 11.6 Å². The van der Waals surface area contributed by atoms with E-state index in [2.05, 4.69) is 5.10 Å². The van der Waals surface area contributed by atoms with Crippen LogP contribution < -0.4 is 0 Å². The minimum absolute atomic E-state index is 0.0445. The van der Waals surface area contributed by atoms with Crippen LogP contribution in [0, 0.1) is 0 Å². The van der Waals surface area contributed by atoms with Gasteiger partial charge in [-0.05, 0) is 30.7 Å². The van der Waals surface area contributed by atoms with Gasteiger partial charge in [-0.15, -0.1) is 0 Å². The van der Waals surface area contributed by atoms with E-state index in [1.165, 1.54) is 6.92 Å². The summed E-state index contributed by atoms with van der Waals surface area (Å²) in [6.07, 6.45) is 3.75. The van der Waals surface area contributed by atoms with E-state index in [1.807, 2.05) is 48.8 Å². The zero-order chi connectivity index (χ0) is 14.8. The zero-order valence-corrected chi connectivity index (χ0v) is 12.2. The number of hydrogen-bond donors (Lipinski definition) is 0. The first kappa shape index (κ1) is 13.6. The molecule has 0 unspecified atom stereocenters. The van der Waals surface area contributed by atoms with E-state index in [-0.39, 0.29) is 5.78 Å². The highest BCUT2D eigenvalue weighted by molar-refractivity contribution is 6.34. The van der Waals surface area contributed by atoms with E-state index in [9.17, 15) is 4.79 Å². The van der Waals surface area contributed by atoms with Crippen LogP contribution in [-0.2, 0) is 0 Å². The van der Waals surface area contributed by atoms with E-state index in [0.29, 0.717) is 10.6 Å². The third-order valence-corrected chi connectivity index (χ3v) is 3.60. The normalized spacial score (nSPS) is 10.6. The number of Topliss-reactive ketones (excluding diaryl/α,β-unsaturated/α-hetero) is 1. The Morgan fingerprint density at radius 2 is 1.86 bits per heavy atom. The van der Waals surface area contributed by atoms with Crippen LogP contribution in [0.15, 0.2) is 60.9 Å². The Morgan fingerprint density at radius 1 is 1.10 bits per heavy atom. The fraction of sp³-hybridized carbons (Fsp3) is 0.0588. The van der Waals surface area contributed by atoms with Crippen molar-refractivity contribution in [1.82, 2.24) is 9.78 Å². The Hall–Kier alpha value is -2.39. The summed E-state index contributed by atoms with van der Waals surface area (Å²) in [7, 11) is 0. The van der Waals surface area contributed by atoms with Gasteiger partial charge >= 0.3 is 0 Å². The number of benzene rings is 2. The molecule has 0 aliphatic rings. The van der Waals surface area contributed by atoms with E-state index < -0.39 is 0 Å². The highest BCUT2D eigenvalue weighted by atomic mass is 35.5. The third-order valence-electron chi connectivity index (χ3n) is 3.29. The number of ketones is 1. The van der Waals surface area contributed by atoms with Gasteiger partial charge in [0.05, 0.1) is 16.9 Å². The van der Waals surface area contributed by atoms with Gasteiger partial charge in [0.2, 0.25) is 0 Å². The van der Waals surface area contributed by atoms with Crippen LogP contribution in [0.3, 0.4) is 0 Å². The minimum Gasteiger partial charge on any atom is -0.294 e. The van der Waals surface area contributed by atoms with Crippen LogP contribution in [0.1, 0.15) is 17.3 Å². The summed E-state index contributed by atoms with van der Waals surface area (Å²) >= 11 is 6.14. The molecule has 21 heavy (non-hydrogen) atoms. The van der Waals surface area contributed by atoms with Crippen molar-refractivity contribution in [3.05, 3.63) is 71.5 Å². The second-order valence-corrected chi connectivity index (χ2v) is 5.17. The number of carbonyl (C=O) groups is 1. The number of aromatic nitrogens is 2. The fourth-order valence-electron chi connectivity index (χ4n) is 2.18. The van der Waals surface area contributed by atoms with Crippen molar-refractivity contribution in [3.8, 4) is 16.8 Å². The maximum absolute atomic E-state index is 11.4. The third kappa shape index (κ3) is 2.73. The van der Waals surface area contributed by atoms with Crippen LogP contribution in [0.25, 0.3) is 16.8 Å². The summed E-state index contributed by atoms with van der Waals surface area (Å²) in [6.45, 7) is 1.50. The van der Waals surface area contributed by atoms with Gasteiger partial charge in [0.25, 0.3) is 0 Å². The fourth-order valence-corrected chi connectivity index (χ4v) is 2.48. The predicted molar refractivity (Wildman–Crippen MR) is 84.0 cm³/mol. The van der Waals surface area contributed by atoms with Crippen molar-refractivity contribution in [1.29, 1.82) is 0 Å². The van der Waals surface area contributed by atoms with Gasteiger partial charge in [-0.1, -0.05) is 41.9 Å². The molecule has 0 bridgehead atoms. The monoisotopic (exact) mass is 296 g/mol. The smallest absolute Gasteiger partial charge is 0.161 e. The molecule has 2 aromatic carbocycles. The van der Waals surface area contributed by atoms with Crippen molar-refractivity contribution in [3.63, 3.8) is 0 Å². The van der Waals surface area contributed by atoms with Crippen molar-refractivity contribution >= 4 is 17.4 Å². The Morgan fingerprint density at radius 3 is 2.52 bits per heavy atom. The maximum atomic E-state index is 11.4. The molecular formula is C17H13ClN2O. The summed E-state index contributed by atoms with van der Waals surface area (Å²) in [6, 6.07) is 15.3. The molecule has 0 spiro atoms. The molecule has 0 N–H and O–H groups in total. The minimum atomic E-state index is -0.0445. The maximum Gasteiger partial charge on any atom is 0.161 e. The Labute approximate surface area is 127 Å². The van der Waals surface area contributed by atoms with Crippen molar-refractivity contribution in [2.75, 3.05) is 0 Å². The Balaban J connectivity index is 1.97. The van der Waals surface area contributed by atoms with E-state index in [0.717, 1.165) is 16.8 Å². The lowest BCUT2D eigenvalue weighted by Crippen LogP contribution is -1.98. The lowest BCUT2D eigenvalue weighted by Gasteiger charge is -2.04. The summed E-state index contributed by atoms with van der Waals surface area (Å²) in [4.78, 5) is 11.4. The average molecular weight is 297 g/mol. The van der Waals surface area contributed by atoms with Crippen LogP contribution >= 0.6 is 11.6 Å². The van der Waals surface area contributed by atoms with Crippen molar-refractivity contribution < 1.29 is 4.79 Å². The summed E-state index contributed by atoms with van der Waals surface area (Å²) < 4.78 is 1.75. The predicted octanol–water partition coefficient (Wildman–Crippen LogP) is 4.40. The van der Waals surface area contributed by atoms with Gasteiger partial charge in [-0.25, -0.2) is 4.68 Å². The molecule has 0 atom stereocenters. The number of carbonyl (C=O) groups excluding carboxylic acids is 1. The number of nitrogens with zero attached hydrogens (tertiary/aromatic N) is 2. The zero-order valence-electron chi connectivity index (χ0n) is 11.5. The topological polar surface area (TPSA) is 34.9 Å². The standard InChI is InChI=1S/C17H13ClN2O/c1-12(21)16-8-7-15(9-17(16)18)20-11-14(10-19-20)13-5-3-2-4-6-13/h2-11H,1H3. The quantitative estimate of drug-likeness (QED) is 0.672. The number of hydrogen-bond acceptors (Lipinski definition) is 2. The van der Waals surface area contributed by atoms with Crippen LogP contribution in [-0.4, -0.2) is 15.6 Å².